The Bertz CT molecular complexity index is 543. The molecule has 3 nitrogen and oxygen atoms in total. The molecule has 2 aromatic heterocycles. The van der Waals surface area contributed by atoms with E-state index in [1.165, 1.54) is 17.7 Å². The van der Waals surface area contributed by atoms with Crippen molar-refractivity contribution in [3.8, 4) is 0 Å². The smallest absolute Gasteiger partial charge is 0.252 e. The summed E-state index contributed by atoms with van der Waals surface area (Å²) in [5.41, 5.74) is 0.787. The molecule has 5 heteroatoms. The highest BCUT2D eigenvalue weighted by Gasteiger charge is 2.20. The summed E-state index contributed by atoms with van der Waals surface area (Å²) in [5, 5.41) is 9.05. The predicted molar refractivity (Wildman–Crippen MR) is 89.0 cm³/mol. The summed E-state index contributed by atoms with van der Waals surface area (Å²) in [7, 11) is 0. The van der Waals surface area contributed by atoms with Crippen LogP contribution in [0.25, 0.3) is 0 Å². The van der Waals surface area contributed by atoms with Gasteiger partial charge < -0.3 is 5.32 Å². The molecule has 3 rings (SSSR count). The lowest BCUT2D eigenvalue weighted by molar-refractivity contribution is 0.0936. The van der Waals surface area contributed by atoms with Crippen LogP contribution in [-0.4, -0.2) is 30.4 Å². The number of nitrogens with one attached hydrogen (secondary N) is 1. The molecular formula is C16H20N2OS2. The van der Waals surface area contributed by atoms with E-state index in [0.29, 0.717) is 5.92 Å². The van der Waals surface area contributed by atoms with Crippen LogP contribution in [-0.2, 0) is 6.54 Å². The van der Waals surface area contributed by atoms with Crippen molar-refractivity contribution in [2.45, 2.75) is 19.4 Å². The lowest BCUT2D eigenvalue weighted by Gasteiger charge is -2.31. The largest absolute Gasteiger partial charge is 0.352 e. The minimum atomic E-state index is 0.0669. The number of likely N-dealkylation sites (tertiary alicyclic amines) is 1. The van der Waals surface area contributed by atoms with Crippen molar-refractivity contribution in [3.63, 3.8) is 0 Å². The number of nitrogens with zero attached hydrogens (tertiary/aromatic N) is 1. The van der Waals surface area contributed by atoms with Gasteiger partial charge in [0.05, 0.1) is 0 Å². The van der Waals surface area contributed by atoms with E-state index in [-0.39, 0.29) is 5.91 Å². The molecule has 1 saturated heterocycles. The van der Waals surface area contributed by atoms with Crippen molar-refractivity contribution in [1.29, 1.82) is 0 Å². The van der Waals surface area contributed by atoms with Gasteiger partial charge in [0.15, 0.2) is 0 Å². The molecule has 0 aromatic carbocycles. The molecule has 0 spiro atoms. The zero-order valence-electron chi connectivity index (χ0n) is 12.0. The van der Waals surface area contributed by atoms with E-state index in [4.69, 9.17) is 0 Å². The average molecular weight is 320 g/mol. The summed E-state index contributed by atoms with van der Waals surface area (Å²) in [6.07, 6.45) is 2.35. The highest BCUT2D eigenvalue weighted by molar-refractivity contribution is 7.09. The molecule has 0 aliphatic carbocycles. The minimum Gasteiger partial charge on any atom is -0.352 e. The molecule has 0 atom stereocenters. The van der Waals surface area contributed by atoms with Gasteiger partial charge in [-0.15, -0.1) is 11.3 Å². The molecule has 0 saturated carbocycles. The molecule has 1 aliphatic rings. The summed E-state index contributed by atoms with van der Waals surface area (Å²) in [6, 6.07) is 6.20. The van der Waals surface area contributed by atoms with Crippen LogP contribution in [0.1, 0.15) is 28.1 Å². The highest BCUT2D eigenvalue weighted by atomic mass is 32.1. The van der Waals surface area contributed by atoms with E-state index >= 15 is 0 Å². The van der Waals surface area contributed by atoms with Crippen LogP contribution in [0.3, 0.4) is 0 Å². The Morgan fingerprint density at radius 2 is 2.14 bits per heavy atom. The molecule has 1 N–H and O–H groups in total. The van der Waals surface area contributed by atoms with Gasteiger partial charge in [0.25, 0.3) is 5.91 Å². The number of carbonyl (C=O) groups is 1. The molecular weight excluding hydrogens is 300 g/mol. The van der Waals surface area contributed by atoms with Gasteiger partial charge >= 0.3 is 0 Å². The number of rotatable bonds is 5. The maximum absolute atomic E-state index is 11.9. The van der Waals surface area contributed by atoms with Crippen molar-refractivity contribution >= 4 is 28.6 Å². The molecule has 0 radical (unpaired) electrons. The van der Waals surface area contributed by atoms with Crippen LogP contribution in [0, 0.1) is 5.92 Å². The Kier molecular flexibility index (Phi) is 5.06. The predicted octanol–water partition coefficient (Wildman–Crippen LogP) is 3.45. The topological polar surface area (TPSA) is 32.3 Å². The first-order valence-electron chi connectivity index (χ1n) is 7.36. The van der Waals surface area contributed by atoms with Gasteiger partial charge in [-0.2, -0.15) is 11.3 Å². The first-order valence-corrected chi connectivity index (χ1v) is 9.18. The van der Waals surface area contributed by atoms with Gasteiger partial charge in [-0.3, -0.25) is 9.69 Å². The maximum atomic E-state index is 11.9. The fourth-order valence-corrected chi connectivity index (χ4v) is 4.09. The Hall–Kier alpha value is -1.17. The first-order chi connectivity index (χ1) is 10.3. The van der Waals surface area contributed by atoms with Crippen molar-refractivity contribution in [2.75, 3.05) is 19.6 Å². The maximum Gasteiger partial charge on any atom is 0.252 e. The molecule has 3 heterocycles. The third-order valence-electron chi connectivity index (χ3n) is 4.00. The molecule has 112 valence electrons. The standard InChI is InChI=1S/C16H20N2OS2/c19-16(14-5-9-20-12-14)17-10-13-3-6-18(7-4-13)11-15-2-1-8-21-15/h1-2,5,8-9,12-13H,3-4,6-7,10-11H2,(H,17,19). The van der Waals surface area contributed by atoms with Gasteiger partial charge in [-0.1, -0.05) is 6.07 Å². The summed E-state index contributed by atoms with van der Waals surface area (Å²) < 4.78 is 0. The van der Waals surface area contributed by atoms with Crippen LogP contribution >= 0.6 is 22.7 Å². The van der Waals surface area contributed by atoms with Crippen molar-refractivity contribution in [2.24, 2.45) is 5.92 Å². The van der Waals surface area contributed by atoms with Crippen molar-refractivity contribution < 1.29 is 4.79 Å². The molecule has 0 unspecified atom stereocenters. The second kappa shape index (κ2) is 7.20. The third-order valence-corrected chi connectivity index (χ3v) is 5.55. The van der Waals surface area contributed by atoms with Crippen LogP contribution in [0.5, 0.6) is 0 Å². The van der Waals surface area contributed by atoms with E-state index in [2.05, 4.69) is 27.7 Å². The lowest BCUT2D eigenvalue weighted by atomic mass is 9.96. The van der Waals surface area contributed by atoms with Gasteiger partial charge in [-0.05, 0) is 54.7 Å². The van der Waals surface area contributed by atoms with Gasteiger partial charge in [0, 0.05) is 28.9 Å². The molecule has 1 fully saturated rings. The molecule has 21 heavy (non-hydrogen) atoms. The Balaban J connectivity index is 1.39. The van der Waals surface area contributed by atoms with Gasteiger partial charge in [0.1, 0.15) is 0 Å². The van der Waals surface area contributed by atoms with Crippen LogP contribution in [0.15, 0.2) is 34.3 Å². The van der Waals surface area contributed by atoms with E-state index in [0.717, 1.165) is 31.7 Å². The Morgan fingerprint density at radius 3 is 2.81 bits per heavy atom. The monoisotopic (exact) mass is 320 g/mol. The fraction of sp³-hybridized carbons (Fsp3) is 0.438. The SMILES string of the molecule is O=C(NCC1CCN(Cc2cccs2)CC1)c1ccsc1. The third kappa shape index (κ3) is 4.15. The van der Waals surface area contributed by atoms with Gasteiger partial charge in [-0.25, -0.2) is 0 Å². The summed E-state index contributed by atoms with van der Waals surface area (Å²) in [5.74, 6) is 0.685. The molecule has 1 aliphatic heterocycles. The fourth-order valence-electron chi connectivity index (χ4n) is 2.70. The zero-order valence-corrected chi connectivity index (χ0v) is 13.6. The zero-order chi connectivity index (χ0) is 14.5. The number of hydrogen-bond acceptors (Lipinski definition) is 4. The Morgan fingerprint density at radius 1 is 1.29 bits per heavy atom. The van der Waals surface area contributed by atoms with Crippen molar-refractivity contribution in [1.82, 2.24) is 10.2 Å². The number of amides is 1. The van der Waals surface area contributed by atoms with Crippen molar-refractivity contribution in [3.05, 3.63) is 44.8 Å². The normalized spacial score (nSPS) is 17.0. The molecule has 0 bridgehead atoms. The summed E-state index contributed by atoms with van der Waals surface area (Å²) in [4.78, 5) is 15.9. The second-order valence-corrected chi connectivity index (χ2v) is 7.33. The number of piperidine rings is 1. The van der Waals surface area contributed by atoms with E-state index in [1.807, 2.05) is 28.2 Å². The van der Waals surface area contributed by atoms with Crippen LogP contribution in [0.2, 0.25) is 0 Å². The number of thiophene rings is 2. The number of hydrogen-bond donors (Lipinski definition) is 1. The lowest BCUT2D eigenvalue weighted by Crippen LogP contribution is -2.38. The highest BCUT2D eigenvalue weighted by Crippen LogP contribution is 2.20. The van der Waals surface area contributed by atoms with E-state index < -0.39 is 0 Å². The quantitative estimate of drug-likeness (QED) is 0.915. The molecule has 1 amide bonds. The molecule has 2 aromatic rings. The second-order valence-electron chi connectivity index (χ2n) is 5.52. The van der Waals surface area contributed by atoms with Crippen LogP contribution in [0.4, 0.5) is 0 Å². The summed E-state index contributed by atoms with van der Waals surface area (Å²) >= 11 is 3.40. The van der Waals surface area contributed by atoms with E-state index in [1.54, 1.807) is 11.3 Å². The van der Waals surface area contributed by atoms with Gasteiger partial charge in [0.2, 0.25) is 0 Å². The van der Waals surface area contributed by atoms with Crippen LogP contribution < -0.4 is 5.32 Å². The summed E-state index contributed by atoms with van der Waals surface area (Å²) in [6.45, 7) is 4.15. The average Bonchev–Trinajstić information content (AvgIpc) is 3.19. The first kappa shape index (κ1) is 14.8. The van der Waals surface area contributed by atoms with E-state index in [9.17, 15) is 4.79 Å². The number of carbonyl (C=O) groups excluding carboxylic acids is 1. The Labute approximate surface area is 133 Å². The minimum absolute atomic E-state index is 0.0669.